The fraction of sp³-hybridized carbons (Fsp3) is 0.562. The minimum absolute atomic E-state index is 0.186. The van der Waals surface area contributed by atoms with Crippen molar-refractivity contribution in [2.45, 2.75) is 50.8 Å². The summed E-state index contributed by atoms with van der Waals surface area (Å²) in [6.45, 7) is 4.31. The maximum absolute atomic E-state index is 9.36. The molecule has 0 radical (unpaired) electrons. The highest BCUT2D eigenvalue weighted by Crippen LogP contribution is 2.31. The number of benzene rings is 1. The molecule has 98 valence electrons. The Morgan fingerprint density at radius 2 is 1.89 bits per heavy atom. The van der Waals surface area contributed by atoms with Gasteiger partial charge in [0.15, 0.2) is 0 Å². The van der Waals surface area contributed by atoms with Crippen LogP contribution in [0.15, 0.2) is 35.2 Å². The Kier molecular flexibility index (Phi) is 6.90. The summed E-state index contributed by atoms with van der Waals surface area (Å²) >= 11 is 1.79. The van der Waals surface area contributed by atoms with Crippen LogP contribution in [0.5, 0.6) is 0 Å². The average Bonchev–Trinajstić information content (AvgIpc) is 2.43. The topological polar surface area (TPSA) is 23.8 Å². The molecule has 0 aliphatic rings. The highest BCUT2D eigenvalue weighted by atomic mass is 32.2. The second-order valence-electron chi connectivity index (χ2n) is 5.08. The van der Waals surface area contributed by atoms with Crippen molar-refractivity contribution in [1.82, 2.24) is 0 Å². The number of thioether (sulfide) groups is 1. The van der Waals surface area contributed by atoms with E-state index in [9.17, 15) is 5.26 Å². The summed E-state index contributed by atoms with van der Waals surface area (Å²) in [4.78, 5) is 1.26. The molecule has 0 aliphatic heterocycles. The molecule has 0 N–H and O–H groups in total. The van der Waals surface area contributed by atoms with Crippen LogP contribution in [-0.2, 0) is 0 Å². The van der Waals surface area contributed by atoms with Crippen molar-refractivity contribution in [1.29, 1.82) is 5.26 Å². The van der Waals surface area contributed by atoms with E-state index < -0.39 is 0 Å². The smallest absolute Gasteiger partial charge is 0.0695 e. The van der Waals surface area contributed by atoms with Gasteiger partial charge in [-0.25, -0.2) is 0 Å². The Labute approximate surface area is 116 Å². The van der Waals surface area contributed by atoms with E-state index in [4.69, 9.17) is 0 Å². The van der Waals surface area contributed by atoms with Crippen LogP contribution in [0.1, 0.15) is 46.0 Å². The second-order valence-corrected chi connectivity index (χ2v) is 6.13. The first kappa shape index (κ1) is 15.1. The molecule has 0 saturated carbocycles. The van der Waals surface area contributed by atoms with E-state index in [1.807, 2.05) is 18.2 Å². The number of nitriles is 1. The van der Waals surface area contributed by atoms with Crippen LogP contribution in [0, 0.1) is 16.7 Å². The molecular weight excluding hydrogens is 238 g/mol. The van der Waals surface area contributed by atoms with Gasteiger partial charge in [0.1, 0.15) is 0 Å². The molecule has 1 nitrogen and oxygen atoms in total. The third-order valence-corrected chi connectivity index (χ3v) is 4.54. The van der Waals surface area contributed by atoms with Gasteiger partial charge in [0.2, 0.25) is 0 Å². The normalized spacial score (nSPS) is 13.8. The Hall–Kier alpha value is -0.940. The SMILES string of the molecule is CCCCCCC(C)(C#N)CSc1ccccc1. The Bertz CT molecular complexity index is 368. The van der Waals surface area contributed by atoms with Crippen molar-refractivity contribution >= 4 is 11.8 Å². The van der Waals surface area contributed by atoms with Crippen LogP contribution in [0.3, 0.4) is 0 Å². The number of rotatable bonds is 8. The van der Waals surface area contributed by atoms with Crippen LogP contribution in [-0.4, -0.2) is 5.75 Å². The van der Waals surface area contributed by atoms with Crippen molar-refractivity contribution in [3.63, 3.8) is 0 Å². The molecule has 0 spiro atoms. The zero-order chi connectivity index (χ0) is 13.3. The fourth-order valence-electron chi connectivity index (χ4n) is 1.86. The summed E-state index contributed by atoms with van der Waals surface area (Å²) in [5, 5.41) is 9.36. The van der Waals surface area contributed by atoms with Crippen molar-refractivity contribution in [3.8, 4) is 6.07 Å². The zero-order valence-corrected chi connectivity index (χ0v) is 12.3. The zero-order valence-electron chi connectivity index (χ0n) is 11.5. The lowest BCUT2D eigenvalue weighted by molar-refractivity contribution is 0.430. The third-order valence-electron chi connectivity index (χ3n) is 3.15. The number of nitrogens with zero attached hydrogens (tertiary/aromatic N) is 1. The molecule has 1 aromatic rings. The van der Waals surface area contributed by atoms with Crippen LogP contribution < -0.4 is 0 Å². The molecule has 2 heteroatoms. The molecule has 0 aliphatic carbocycles. The predicted molar refractivity (Wildman–Crippen MR) is 79.6 cm³/mol. The Balaban J connectivity index is 2.38. The van der Waals surface area contributed by atoms with Crippen LogP contribution in [0.2, 0.25) is 0 Å². The summed E-state index contributed by atoms with van der Waals surface area (Å²) in [5.74, 6) is 0.889. The van der Waals surface area contributed by atoms with E-state index in [1.54, 1.807) is 11.8 Å². The van der Waals surface area contributed by atoms with Gasteiger partial charge in [0, 0.05) is 10.6 Å². The van der Waals surface area contributed by atoms with Crippen molar-refractivity contribution in [2.24, 2.45) is 5.41 Å². The highest BCUT2D eigenvalue weighted by molar-refractivity contribution is 7.99. The van der Waals surface area contributed by atoms with Crippen LogP contribution in [0.25, 0.3) is 0 Å². The summed E-state index contributed by atoms with van der Waals surface area (Å²) in [6, 6.07) is 12.8. The summed E-state index contributed by atoms with van der Waals surface area (Å²) in [5.41, 5.74) is -0.186. The molecule has 0 bridgehead atoms. The quantitative estimate of drug-likeness (QED) is 0.469. The molecule has 18 heavy (non-hydrogen) atoms. The fourth-order valence-corrected chi connectivity index (χ4v) is 2.91. The first-order chi connectivity index (χ1) is 8.70. The third kappa shape index (κ3) is 5.60. The largest absolute Gasteiger partial charge is 0.198 e. The van der Waals surface area contributed by atoms with Crippen molar-refractivity contribution in [3.05, 3.63) is 30.3 Å². The molecule has 0 aromatic heterocycles. The van der Waals surface area contributed by atoms with Gasteiger partial charge in [-0.1, -0.05) is 50.8 Å². The molecule has 0 heterocycles. The van der Waals surface area contributed by atoms with E-state index in [0.717, 1.165) is 12.2 Å². The van der Waals surface area contributed by atoms with E-state index in [1.165, 1.54) is 30.6 Å². The van der Waals surface area contributed by atoms with Crippen LogP contribution >= 0.6 is 11.8 Å². The number of hydrogen-bond acceptors (Lipinski definition) is 2. The van der Waals surface area contributed by atoms with E-state index in [0.29, 0.717) is 0 Å². The predicted octanol–water partition coefficient (Wildman–Crippen LogP) is 5.28. The van der Waals surface area contributed by atoms with Gasteiger partial charge < -0.3 is 0 Å². The summed E-state index contributed by atoms with van der Waals surface area (Å²) < 4.78 is 0. The first-order valence-corrected chi connectivity index (χ1v) is 7.78. The van der Waals surface area contributed by atoms with Crippen molar-refractivity contribution < 1.29 is 0 Å². The van der Waals surface area contributed by atoms with Gasteiger partial charge in [-0.2, -0.15) is 5.26 Å². The minimum atomic E-state index is -0.186. The van der Waals surface area contributed by atoms with Gasteiger partial charge in [0.25, 0.3) is 0 Å². The van der Waals surface area contributed by atoms with Gasteiger partial charge >= 0.3 is 0 Å². The van der Waals surface area contributed by atoms with E-state index in [2.05, 4.69) is 32.0 Å². The number of hydrogen-bond donors (Lipinski definition) is 0. The molecule has 1 aromatic carbocycles. The van der Waals surface area contributed by atoms with Gasteiger partial charge in [-0.15, -0.1) is 11.8 Å². The summed E-state index contributed by atoms with van der Waals surface area (Å²) in [6.07, 6.45) is 5.98. The lowest BCUT2D eigenvalue weighted by atomic mass is 9.88. The van der Waals surface area contributed by atoms with Crippen LogP contribution in [0.4, 0.5) is 0 Å². The maximum Gasteiger partial charge on any atom is 0.0695 e. The summed E-state index contributed by atoms with van der Waals surface area (Å²) in [7, 11) is 0. The lowest BCUT2D eigenvalue weighted by Gasteiger charge is -2.20. The van der Waals surface area contributed by atoms with Crippen molar-refractivity contribution in [2.75, 3.05) is 5.75 Å². The first-order valence-electron chi connectivity index (χ1n) is 6.79. The second kappa shape index (κ2) is 8.21. The van der Waals surface area contributed by atoms with Gasteiger partial charge in [0.05, 0.1) is 11.5 Å². The monoisotopic (exact) mass is 261 g/mol. The Morgan fingerprint density at radius 3 is 2.50 bits per heavy atom. The highest BCUT2D eigenvalue weighted by Gasteiger charge is 2.23. The molecule has 1 rings (SSSR count). The molecule has 0 fully saturated rings. The number of unbranched alkanes of at least 4 members (excludes halogenated alkanes) is 3. The molecule has 1 atom stereocenters. The Morgan fingerprint density at radius 1 is 1.17 bits per heavy atom. The van der Waals surface area contributed by atoms with E-state index >= 15 is 0 Å². The molecule has 0 amide bonds. The average molecular weight is 261 g/mol. The molecule has 0 saturated heterocycles. The standard InChI is InChI=1S/C16H23NS/c1-3-4-5-9-12-16(2,13-17)14-18-15-10-7-6-8-11-15/h6-8,10-11H,3-5,9,12,14H2,1-2H3. The minimum Gasteiger partial charge on any atom is -0.198 e. The van der Waals surface area contributed by atoms with E-state index in [-0.39, 0.29) is 5.41 Å². The molecular formula is C16H23NS. The van der Waals surface area contributed by atoms with Gasteiger partial charge in [-0.05, 0) is 25.5 Å². The molecule has 1 unspecified atom stereocenters. The maximum atomic E-state index is 9.36. The van der Waals surface area contributed by atoms with Gasteiger partial charge in [-0.3, -0.25) is 0 Å². The lowest BCUT2D eigenvalue weighted by Crippen LogP contribution is -2.17.